The lowest BCUT2D eigenvalue weighted by molar-refractivity contribution is -0.116. The van der Waals surface area contributed by atoms with Crippen molar-refractivity contribution in [1.29, 1.82) is 0 Å². The minimum Gasteiger partial charge on any atom is -0.361 e. The van der Waals surface area contributed by atoms with Crippen molar-refractivity contribution in [2.24, 2.45) is 7.05 Å². The first-order valence-electron chi connectivity index (χ1n) is 8.75. The molecule has 2 heterocycles. The lowest BCUT2D eigenvalue weighted by Crippen LogP contribution is -2.27. The fourth-order valence-electron chi connectivity index (χ4n) is 2.92. The van der Waals surface area contributed by atoms with Crippen molar-refractivity contribution in [2.45, 2.75) is 26.2 Å². The van der Waals surface area contributed by atoms with Crippen molar-refractivity contribution in [3.8, 4) is 0 Å². The number of para-hydroxylation sites is 1. The minimum absolute atomic E-state index is 0.146. The lowest BCUT2D eigenvalue weighted by atomic mass is 10.1. The molecule has 0 atom stereocenters. The van der Waals surface area contributed by atoms with Crippen molar-refractivity contribution in [3.05, 3.63) is 47.9 Å². The number of H-pyrrole nitrogens is 1. The summed E-state index contributed by atoms with van der Waals surface area (Å²) in [6.45, 7) is 2.56. The van der Waals surface area contributed by atoms with Gasteiger partial charge in [-0.1, -0.05) is 25.1 Å². The molecule has 0 aliphatic heterocycles. The van der Waals surface area contributed by atoms with E-state index in [-0.39, 0.29) is 11.8 Å². The molecule has 7 nitrogen and oxygen atoms in total. The molecular formula is C19H23N5O2. The van der Waals surface area contributed by atoms with Crippen molar-refractivity contribution in [2.75, 3.05) is 11.9 Å². The Morgan fingerprint density at radius 1 is 1.27 bits per heavy atom. The fourth-order valence-corrected chi connectivity index (χ4v) is 2.92. The van der Waals surface area contributed by atoms with Crippen molar-refractivity contribution >= 4 is 28.4 Å². The zero-order valence-electron chi connectivity index (χ0n) is 15.0. The van der Waals surface area contributed by atoms with E-state index in [2.05, 4.69) is 20.7 Å². The van der Waals surface area contributed by atoms with Crippen LogP contribution in [0.3, 0.4) is 0 Å². The van der Waals surface area contributed by atoms with Crippen LogP contribution in [0.5, 0.6) is 0 Å². The fraction of sp³-hybridized carbons (Fsp3) is 0.316. The van der Waals surface area contributed by atoms with Crippen LogP contribution in [0, 0.1) is 0 Å². The molecule has 1 aromatic carbocycles. The lowest BCUT2D eigenvalue weighted by Gasteiger charge is -2.08. The number of carbonyl (C=O) groups is 2. The number of carbonyl (C=O) groups excluding carboxylic acids is 2. The first-order chi connectivity index (χ1) is 12.6. The second-order valence-electron chi connectivity index (χ2n) is 6.19. The molecule has 3 rings (SSSR count). The number of fused-ring (bicyclic) bond motifs is 1. The summed E-state index contributed by atoms with van der Waals surface area (Å²) >= 11 is 0. The summed E-state index contributed by atoms with van der Waals surface area (Å²) in [5, 5.41) is 10.8. The minimum atomic E-state index is -0.237. The molecule has 7 heteroatoms. The van der Waals surface area contributed by atoms with E-state index in [4.69, 9.17) is 0 Å². The van der Waals surface area contributed by atoms with Gasteiger partial charge in [-0.3, -0.25) is 14.3 Å². The molecule has 0 radical (unpaired) electrons. The molecule has 0 aliphatic rings. The van der Waals surface area contributed by atoms with Gasteiger partial charge < -0.3 is 15.6 Å². The highest BCUT2D eigenvalue weighted by Gasteiger charge is 2.18. The van der Waals surface area contributed by atoms with Crippen LogP contribution in [-0.4, -0.2) is 33.1 Å². The molecule has 26 heavy (non-hydrogen) atoms. The maximum Gasteiger partial charge on any atom is 0.271 e. The van der Waals surface area contributed by atoms with Crippen LogP contribution in [0.1, 0.15) is 35.8 Å². The van der Waals surface area contributed by atoms with Crippen LogP contribution >= 0.6 is 0 Å². The molecule has 2 aromatic heterocycles. The van der Waals surface area contributed by atoms with E-state index in [9.17, 15) is 9.59 Å². The van der Waals surface area contributed by atoms with Gasteiger partial charge in [0.25, 0.3) is 5.91 Å². The van der Waals surface area contributed by atoms with E-state index in [1.54, 1.807) is 7.05 Å². The van der Waals surface area contributed by atoms with Gasteiger partial charge in [0.2, 0.25) is 5.91 Å². The number of nitrogens with one attached hydrogen (secondary N) is 3. The first-order valence-corrected chi connectivity index (χ1v) is 8.75. The Kier molecular flexibility index (Phi) is 5.36. The molecule has 0 spiro atoms. The maximum atomic E-state index is 12.4. The van der Waals surface area contributed by atoms with Crippen LogP contribution < -0.4 is 10.6 Å². The molecule has 0 saturated heterocycles. The van der Waals surface area contributed by atoms with E-state index in [1.807, 2.05) is 37.4 Å². The maximum absolute atomic E-state index is 12.4. The number of aromatic nitrogens is 3. The number of aromatic amines is 1. The highest BCUT2D eigenvalue weighted by Crippen LogP contribution is 2.20. The first kappa shape index (κ1) is 17.7. The number of rotatable bonds is 7. The summed E-state index contributed by atoms with van der Waals surface area (Å²) in [6.07, 6.45) is 5.23. The smallest absolute Gasteiger partial charge is 0.271 e. The zero-order chi connectivity index (χ0) is 18.5. The quantitative estimate of drug-likeness (QED) is 0.610. The topological polar surface area (TPSA) is 91.8 Å². The Morgan fingerprint density at radius 2 is 2.08 bits per heavy atom. The summed E-state index contributed by atoms with van der Waals surface area (Å²) in [7, 11) is 1.68. The molecule has 0 saturated carbocycles. The van der Waals surface area contributed by atoms with E-state index >= 15 is 0 Å². The van der Waals surface area contributed by atoms with Crippen molar-refractivity contribution < 1.29 is 9.59 Å². The molecule has 3 N–H and O–H groups in total. The van der Waals surface area contributed by atoms with Crippen molar-refractivity contribution in [3.63, 3.8) is 0 Å². The molecule has 3 aromatic rings. The number of amides is 2. The normalized spacial score (nSPS) is 10.8. The second-order valence-corrected chi connectivity index (χ2v) is 6.19. The van der Waals surface area contributed by atoms with Crippen molar-refractivity contribution in [1.82, 2.24) is 20.1 Å². The van der Waals surface area contributed by atoms with Crippen LogP contribution in [-0.2, 0) is 18.3 Å². The molecular weight excluding hydrogens is 330 g/mol. The van der Waals surface area contributed by atoms with Gasteiger partial charge in [0, 0.05) is 37.1 Å². The third kappa shape index (κ3) is 3.77. The van der Waals surface area contributed by atoms with E-state index in [0.29, 0.717) is 30.8 Å². The van der Waals surface area contributed by atoms with Crippen LogP contribution in [0.4, 0.5) is 5.69 Å². The third-order valence-electron chi connectivity index (χ3n) is 4.26. The monoisotopic (exact) mass is 353 g/mol. The Hall–Kier alpha value is -3.09. The van der Waals surface area contributed by atoms with E-state index in [1.165, 1.54) is 10.9 Å². The summed E-state index contributed by atoms with van der Waals surface area (Å²) in [5.74, 6) is -0.383. The van der Waals surface area contributed by atoms with Gasteiger partial charge in [0.05, 0.1) is 11.9 Å². The summed E-state index contributed by atoms with van der Waals surface area (Å²) in [5.41, 5.74) is 2.96. The average Bonchev–Trinajstić information content (AvgIpc) is 3.21. The Morgan fingerprint density at radius 3 is 2.88 bits per heavy atom. The standard InChI is InChI=1S/C19H23N5O2/c1-3-10-20-19(26)18-16(12-22-24(18)2)23-17(25)9-8-13-11-21-15-7-5-4-6-14(13)15/h4-7,11-12,21H,3,8-10H2,1-2H3,(H,20,26)(H,23,25). The summed E-state index contributed by atoms with van der Waals surface area (Å²) in [4.78, 5) is 27.8. The Labute approximate surface area is 151 Å². The van der Waals surface area contributed by atoms with Crippen LogP contribution in [0.2, 0.25) is 0 Å². The van der Waals surface area contributed by atoms with Gasteiger partial charge in [-0.15, -0.1) is 0 Å². The number of anilines is 1. The van der Waals surface area contributed by atoms with E-state index in [0.717, 1.165) is 22.9 Å². The van der Waals surface area contributed by atoms with Gasteiger partial charge in [-0.2, -0.15) is 5.10 Å². The Balaban J connectivity index is 1.64. The molecule has 0 bridgehead atoms. The van der Waals surface area contributed by atoms with Crippen LogP contribution in [0.15, 0.2) is 36.7 Å². The zero-order valence-corrected chi connectivity index (χ0v) is 15.0. The molecule has 136 valence electrons. The van der Waals surface area contributed by atoms with Gasteiger partial charge in [0.15, 0.2) is 0 Å². The number of aryl methyl sites for hydroxylation is 2. The summed E-state index contributed by atoms with van der Waals surface area (Å²) < 4.78 is 1.47. The van der Waals surface area contributed by atoms with Crippen LogP contribution in [0.25, 0.3) is 10.9 Å². The third-order valence-corrected chi connectivity index (χ3v) is 4.26. The molecule has 2 amide bonds. The van der Waals surface area contributed by atoms with Gasteiger partial charge in [0.1, 0.15) is 5.69 Å². The summed E-state index contributed by atoms with van der Waals surface area (Å²) in [6, 6.07) is 8.01. The number of nitrogens with zero attached hydrogens (tertiary/aromatic N) is 2. The SMILES string of the molecule is CCCNC(=O)c1c(NC(=O)CCc2c[nH]c3ccccc23)cnn1C. The number of benzene rings is 1. The van der Waals surface area contributed by atoms with Gasteiger partial charge >= 0.3 is 0 Å². The average molecular weight is 353 g/mol. The molecule has 0 aliphatic carbocycles. The number of hydrogen-bond donors (Lipinski definition) is 3. The van der Waals surface area contributed by atoms with E-state index < -0.39 is 0 Å². The highest BCUT2D eigenvalue weighted by atomic mass is 16.2. The largest absolute Gasteiger partial charge is 0.361 e. The van der Waals surface area contributed by atoms with Gasteiger partial charge in [-0.05, 0) is 24.5 Å². The van der Waals surface area contributed by atoms with Gasteiger partial charge in [-0.25, -0.2) is 0 Å². The Bertz CT molecular complexity index is 925. The molecule has 0 fully saturated rings. The molecule has 0 unspecified atom stereocenters. The number of hydrogen-bond acceptors (Lipinski definition) is 3. The highest BCUT2D eigenvalue weighted by molar-refractivity contribution is 6.02. The predicted octanol–water partition coefficient (Wildman–Crippen LogP) is 2.61. The second kappa shape index (κ2) is 7.86. The predicted molar refractivity (Wildman–Crippen MR) is 101 cm³/mol.